The first-order chi connectivity index (χ1) is 7.70. The number of rotatable bonds is 2. The van der Waals surface area contributed by atoms with Crippen LogP contribution in [0, 0.1) is 10.1 Å². The van der Waals surface area contributed by atoms with Gasteiger partial charge in [0.05, 0.1) is 10.5 Å². The zero-order valence-electron chi connectivity index (χ0n) is 8.20. The maximum atomic E-state index is 10.9. The minimum Gasteiger partial charge on any atom is -0.378 e. The molecule has 0 aliphatic heterocycles. The first kappa shape index (κ1) is 10.0. The molecule has 0 amide bonds. The number of aromatic nitrogens is 2. The minimum absolute atomic E-state index is 0.0840. The van der Waals surface area contributed by atoms with Crippen LogP contribution in [0.4, 0.5) is 11.5 Å². The molecule has 0 saturated carbocycles. The number of hydrogen-bond acceptors (Lipinski definition) is 5. The van der Waals surface area contributed by atoms with Crippen molar-refractivity contribution in [1.82, 2.24) is 9.97 Å². The van der Waals surface area contributed by atoms with E-state index in [9.17, 15) is 10.1 Å². The molecule has 0 fully saturated rings. The molecular formula is C10H8N4O2. The maximum absolute atomic E-state index is 10.9. The Balaban J connectivity index is 2.66. The molecule has 0 aromatic carbocycles. The molecule has 16 heavy (non-hydrogen) atoms. The molecule has 80 valence electrons. The van der Waals surface area contributed by atoms with Crippen LogP contribution in [0.15, 0.2) is 36.8 Å². The lowest BCUT2D eigenvalue weighted by atomic mass is 10.1. The average Bonchev–Trinajstić information content (AvgIpc) is 2.29. The van der Waals surface area contributed by atoms with Crippen LogP contribution in [0.25, 0.3) is 11.1 Å². The zero-order valence-corrected chi connectivity index (χ0v) is 8.20. The van der Waals surface area contributed by atoms with Crippen molar-refractivity contribution in [3.8, 4) is 11.1 Å². The van der Waals surface area contributed by atoms with Gasteiger partial charge in [0.25, 0.3) is 0 Å². The zero-order chi connectivity index (χ0) is 11.5. The number of pyridine rings is 2. The van der Waals surface area contributed by atoms with Crippen molar-refractivity contribution in [2.45, 2.75) is 0 Å². The van der Waals surface area contributed by atoms with Crippen molar-refractivity contribution in [3.63, 3.8) is 0 Å². The smallest absolute Gasteiger partial charge is 0.318 e. The molecule has 2 aromatic heterocycles. The monoisotopic (exact) mass is 216 g/mol. The van der Waals surface area contributed by atoms with Gasteiger partial charge in [-0.2, -0.15) is 0 Å². The Morgan fingerprint density at radius 3 is 2.50 bits per heavy atom. The minimum atomic E-state index is -0.530. The lowest BCUT2D eigenvalue weighted by Gasteiger charge is -2.03. The largest absolute Gasteiger partial charge is 0.378 e. The number of nitrogens with two attached hydrogens (primary N) is 1. The van der Waals surface area contributed by atoms with E-state index in [1.54, 1.807) is 30.6 Å². The van der Waals surface area contributed by atoms with E-state index in [0.717, 1.165) is 0 Å². The van der Waals surface area contributed by atoms with Crippen LogP contribution in [-0.4, -0.2) is 14.9 Å². The van der Waals surface area contributed by atoms with Gasteiger partial charge in [0, 0.05) is 18.6 Å². The van der Waals surface area contributed by atoms with Crippen LogP contribution in [-0.2, 0) is 0 Å². The van der Waals surface area contributed by atoms with Gasteiger partial charge in [-0.15, -0.1) is 0 Å². The van der Waals surface area contributed by atoms with Crippen LogP contribution >= 0.6 is 0 Å². The Labute approximate surface area is 90.9 Å². The Morgan fingerprint density at radius 2 is 1.88 bits per heavy atom. The average molecular weight is 216 g/mol. The molecule has 0 radical (unpaired) electrons. The molecule has 0 saturated heterocycles. The first-order valence-corrected chi connectivity index (χ1v) is 4.49. The highest BCUT2D eigenvalue weighted by Crippen LogP contribution is 2.32. The van der Waals surface area contributed by atoms with Gasteiger partial charge in [-0.1, -0.05) is 0 Å². The normalized spacial score (nSPS) is 10.0. The number of nitro groups is 1. The third-order valence-electron chi connectivity index (χ3n) is 2.13. The van der Waals surface area contributed by atoms with Crippen LogP contribution < -0.4 is 5.73 Å². The van der Waals surface area contributed by atoms with Crippen LogP contribution in [0.5, 0.6) is 0 Å². The van der Waals surface area contributed by atoms with E-state index in [0.29, 0.717) is 11.1 Å². The van der Waals surface area contributed by atoms with E-state index in [1.165, 1.54) is 6.20 Å². The third kappa shape index (κ3) is 1.68. The van der Waals surface area contributed by atoms with E-state index < -0.39 is 4.92 Å². The van der Waals surface area contributed by atoms with Gasteiger partial charge < -0.3 is 5.73 Å². The number of nitrogen functional groups attached to an aromatic ring is 1. The van der Waals surface area contributed by atoms with Gasteiger partial charge in [0.1, 0.15) is 0 Å². The summed E-state index contributed by atoms with van der Waals surface area (Å²) >= 11 is 0. The van der Waals surface area contributed by atoms with E-state index in [-0.39, 0.29) is 11.5 Å². The Kier molecular flexibility index (Phi) is 2.47. The second kappa shape index (κ2) is 3.93. The fraction of sp³-hybridized carbons (Fsp3) is 0. The second-order valence-electron chi connectivity index (χ2n) is 3.09. The summed E-state index contributed by atoms with van der Waals surface area (Å²) in [6, 6.07) is 4.92. The Hall–Kier alpha value is -2.50. The predicted octanol–water partition coefficient (Wildman–Crippen LogP) is 1.63. The number of nitrogens with zero attached hydrogens (tertiary/aromatic N) is 3. The van der Waals surface area contributed by atoms with Crippen molar-refractivity contribution in [2.75, 3.05) is 5.73 Å². The summed E-state index contributed by atoms with van der Waals surface area (Å²) in [6.45, 7) is 0. The van der Waals surface area contributed by atoms with Crippen molar-refractivity contribution >= 4 is 11.5 Å². The molecule has 0 atom stereocenters. The standard InChI is InChI=1S/C10H8N4O2/c11-10-9(14(15)16)8(3-6-13-10)7-1-4-12-5-2-7/h1-6H,(H2,11,13). The number of hydrogen-bond donors (Lipinski definition) is 1. The van der Waals surface area contributed by atoms with Gasteiger partial charge in [-0.25, -0.2) is 4.98 Å². The molecule has 6 nitrogen and oxygen atoms in total. The molecule has 0 spiro atoms. The molecular weight excluding hydrogens is 208 g/mol. The molecule has 0 aliphatic rings. The summed E-state index contributed by atoms with van der Waals surface area (Å²) in [6.07, 6.45) is 4.57. The molecule has 0 aliphatic carbocycles. The maximum Gasteiger partial charge on any atom is 0.318 e. The summed E-state index contributed by atoms with van der Waals surface area (Å²) < 4.78 is 0. The van der Waals surface area contributed by atoms with Crippen molar-refractivity contribution in [1.29, 1.82) is 0 Å². The van der Waals surface area contributed by atoms with Crippen LogP contribution in [0.2, 0.25) is 0 Å². The van der Waals surface area contributed by atoms with E-state index >= 15 is 0 Å². The highest BCUT2D eigenvalue weighted by molar-refractivity contribution is 5.78. The summed E-state index contributed by atoms with van der Waals surface area (Å²) in [4.78, 5) is 17.9. The Morgan fingerprint density at radius 1 is 1.19 bits per heavy atom. The van der Waals surface area contributed by atoms with Gasteiger partial charge in [-0.3, -0.25) is 15.1 Å². The molecule has 6 heteroatoms. The van der Waals surface area contributed by atoms with Crippen molar-refractivity contribution in [2.24, 2.45) is 0 Å². The van der Waals surface area contributed by atoms with E-state index in [2.05, 4.69) is 9.97 Å². The van der Waals surface area contributed by atoms with E-state index in [1.807, 2.05) is 0 Å². The summed E-state index contributed by atoms with van der Waals surface area (Å²) in [7, 11) is 0. The lowest BCUT2D eigenvalue weighted by molar-refractivity contribution is -0.383. The summed E-state index contributed by atoms with van der Waals surface area (Å²) in [5.74, 6) is -0.0840. The van der Waals surface area contributed by atoms with Gasteiger partial charge in [0.2, 0.25) is 5.82 Å². The molecule has 0 unspecified atom stereocenters. The quantitative estimate of drug-likeness (QED) is 0.608. The highest BCUT2D eigenvalue weighted by atomic mass is 16.6. The molecule has 0 bridgehead atoms. The lowest BCUT2D eigenvalue weighted by Crippen LogP contribution is -2.00. The molecule has 2 aromatic rings. The third-order valence-corrected chi connectivity index (χ3v) is 2.13. The second-order valence-corrected chi connectivity index (χ2v) is 3.09. The SMILES string of the molecule is Nc1nccc(-c2ccncc2)c1[N+](=O)[O-]. The summed E-state index contributed by atoms with van der Waals surface area (Å²) in [5, 5.41) is 10.9. The van der Waals surface area contributed by atoms with Crippen LogP contribution in [0.1, 0.15) is 0 Å². The van der Waals surface area contributed by atoms with Gasteiger partial charge in [-0.05, 0) is 23.8 Å². The summed E-state index contributed by atoms with van der Waals surface area (Å²) in [5.41, 5.74) is 6.45. The molecule has 2 rings (SSSR count). The van der Waals surface area contributed by atoms with Gasteiger partial charge >= 0.3 is 5.69 Å². The van der Waals surface area contributed by atoms with Crippen molar-refractivity contribution < 1.29 is 4.92 Å². The first-order valence-electron chi connectivity index (χ1n) is 4.49. The van der Waals surface area contributed by atoms with E-state index in [4.69, 9.17) is 5.73 Å². The molecule has 2 heterocycles. The number of anilines is 1. The molecule has 2 N–H and O–H groups in total. The topological polar surface area (TPSA) is 94.9 Å². The van der Waals surface area contributed by atoms with Gasteiger partial charge in [0.15, 0.2) is 0 Å². The van der Waals surface area contributed by atoms with Crippen molar-refractivity contribution in [3.05, 3.63) is 46.9 Å². The highest BCUT2D eigenvalue weighted by Gasteiger charge is 2.19. The van der Waals surface area contributed by atoms with Crippen LogP contribution in [0.3, 0.4) is 0 Å². The predicted molar refractivity (Wildman–Crippen MR) is 58.5 cm³/mol. The fourth-order valence-corrected chi connectivity index (χ4v) is 1.43. The fourth-order valence-electron chi connectivity index (χ4n) is 1.43. The Bertz CT molecular complexity index is 528.